The Morgan fingerprint density at radius 1 is 1.36 bits per heavy atom. The van der Waals surface area contributed by atoms with Crippen molar-refractivity contribution in [3.8, 4) is 0 Å². The number of carbonyl (C=O) groups is 1. The van der Waals surface area contributed by atoms with Crippen molar-refractivity contribution in [3.63, 3.8) is 0 Å². The van der Waals surface area contributed by atoms with Crippen LogP contribution in [0.15, 0.2) is 30.5 Å². The molecule has 0 saturated heterocycles. The molecule has 2 aromatic rings. The smallest absolute Gasteiger partial charge is 0.223 e. The van der Waals surface area contributed by atoms with Crippen molar-refractivity contribution in [2.24, 2.45) is 7.05 Å². The van der Waals surface area contributed by atoms with E-state index in [0.717, 1.165) is 16.8 Å². The minimum absolute atomic E-state index is 0.0607. The number of hydrogen-bond donors (Lipinski definition) is 0. The summed E-state index contributed by atoms with van der Waals surface area (Å²) in [5.74, 6) is -0.128. The Balaban J connectivity index is 1.96. The Bertz CT molecular complexity index is 648. The van der Waals surface area contributed by atoms with Crippen LogP contribution in [0, 0.1) is 12.7 Å². The summed E-state index contributed by atoms with van der Waals surface area (Å²) in [4.78, 5) is 14.1. The van der Waals surface area contributed by atoms with Gasteiger partial charge in [0.1, 0.15) is 5.82 Å². The molecule has 1 atom stereocenters. The van der Waals surface area contributed by atoms with Crippen LogP contribution in [0.3, 0.4) is 0 Å². The van der Waals surface area contributed by atoms with Gasteiger partial charge in [-0.2, -0.15) is 5.10 Å². The lowest BCUT2D eigenvalue weighted by Gasteiger charge is -2.20. The number of aromatic nitrogens is 2. The van der Waals surface area contributed by atoms with Crippen molar-refractivity contribution in [1.82, 2.24) is 14.7 Å². The normalized spacial score (nSPS) is 12.2. The molecular weight excluding hydrogens is 281 g/mol. The van der Waals surface area contributed by atoms with Gasteiger partial charge in [0.2, 0.25) is 5.91 Å². The van der Waals surface area contributed by atoms with Crippen LogP contribution in [0.25, 0.3) is 0 Å². The first kappa shape index (κ1) is 16.2. The SMILES string of the molecule is Cc1c(CN(C)C(=O)CC(C)c2ccc(F)cc2)cnn1C. The standard InChI is InChI=1S/C17H22FN3O/c1-12(14-5-7-16(18)8-6-14)9-17(22)20(3)11-15-10-19-21(4)13(15)2/h5-8,10,12H,9,11H2,1-4H3. The third-order valence-corrected chi connectivity index (χ3v) is 4.09. The molecule has 0 aliphatic carbocycles. The van der Waals surface area contributed by atoms with Gasteiger partial charge in [0.05, 0.1) is 6.20 Å². The van der Waals surface area contributed by atoms with Gasteiger partial charge in [0.15, 0.2) is 0 Å². The maximum absolute atomic E-state index is 12.9. The van der Waals surface area contributed by atoms with Crippen LogP contribution in [-0.4, -0.2) is 27.6 Å². The fourth-order valence-corrected chi connectivity index (χ4v) is 2.37. The van der Waals surface area contributed by atoms with Gasteiger partial charge in [0, 0.05) is 38.3 Å². The molecule has 0 N–H and O–H groups in total. The van der Waals surface area contributed by atoms with Crippen LogP contribution in [0.2, 0.25) is 0 Å². The summed E-state index contributed by atoms with van der Waals surface area (Å²) < 4.78 is 14.7. The van der Waals surface area contributed by atoms with Crippen molar-refractivity contribution in [1.29, 1.82) is 0 Å². The van der Waals surface area contributed by atoms with Crippen LogP contribution < -0.4 is 0 Å². The van der Waals surface area contributed by atoms with E-state index in [4.69, 9.17) is 0 Å². The van der Waals surface area contributed by atoms with Crippen molar-refractivity contribution < 1.29 is 9.18 Å². The average molecular weight is 303 g/mol. The predicted octanol–water partition coefficient (Wildman–Crippen LogP) is 3.02. The van der Waals surface area contributed by atoms with Gasteiger partial charge in [-0.3, -0.25) is 9.48 Å². The minimum atomic E-state index is -0.258. The van der Waals surface area contributed by atoms with E-state index >= 15 is 0 Å². The summed E-state index contributed by atoms with van der Waals surface area (Å²) in [6, 6.07) is 6.33. The van der Waals surface area contributed by atoms with Crippen LogP contribution in [0.1, 0.15) is 36.1 Å². The highest BCUT2D eigenvalue weighted by molar-refractivity contribution is 5.76. The second kappa shape index (κ2) is 6.73. The van der Waals surface area contributed by atoms with Gasteiger partial charge in [-0.1, -0.05) is 19.1 Å². The predicted molar refractivity (Wildman–Crippen MR) is 83.9 cm³/mol. The Kier molecular flexibility index (Phi) is 4.96. The van der Waals surface area contributed by atoms with Gasteiger partial charge in [-0.25, -0.2) is 4.39 Å². The number of benzene rings is 1. The van der Waals surface area contributed by atoms with E-state index in [0.29, 0.717) is 13.0 Å². The monoisotopic (exact) mass is 303 g/mol. The lowest BCUT2D eigenvalue weighted by molar-refractivity contribution is -0.130. The molecule has 22 heavy (non-hydrogen) atoms. The van der Waals surface area contributed by atoms with Gasteiger partial charge in [0.25, 0.3) is 0 Å². The molecule has 1 aromatic carbocycles. The maximum Gasteiger partial charge on any atom is 0.223 e. The van der Waals surface area contributed by atoms with Gasteiger partial charge in [-0.05, 0) is 30.5 Å². The summed E-state index contributed by atoms with van der Waals surface area (Å²) in [6.45, 7) is 4.52. The molecule has 0 saturated carbocycles. The lowest BCUT2D eigenvalue weighted by atomic mass is 9.97. The number of amides is 1. The fraction of sp³-hybridized carbons (Fsp3) is 0.412. The second-order valence-corrected chi connectivity index (χ2v) is 5.79. The Labute approximate surface area is 130 Å². The molecule has 1 aromatic heterocycles. The van der Waals surface area contributed by atoms with Crippen molar-refractivity contribution >= 4 is 5.91 Å². The molecule has 0 radical (unpaired) electrons. The highest BCUT2D eigenvalue weighted by Gasteiger charge is 2.16. The molecule has 118 valence electrons. The summed E-state index contributed by atoms with van der Waals surface area (Å²) in [6.07, 6.45) is 2.20. The zero-order chi connectivity index (χ0) is 16.3. The van der Waals surface area contributed by atoms with E-state index in [1.54, 1.807) is 35.0 Å². The maximum atomic E-state index is 12.9. The van der Waals surface area contributed by atoms with E-state index in [-0.39, 0.29) is 17.6 Å². The zero-order valence-corrected chi connectivity index (χ0v) is 13.5. The Morgan fingerprint density at radius 2 is 2.00 bits per heavy atom. The molecular formula is C17H22FN3O. The topological polar surface area (TPSA) is 38.1 Å². The first-order valence-corrected chi connectivity index (χ1v) is 7.35. The Morgan fingerprint density at radius 3 is 2.55 bits per heavy atom. The highest BCUT2D eigenvalue weighted by atomic mass is 19.1. The molecule has 1 unspecified atom stereocenters. The fourth-order valence-electron chi connectivity index (χ4n) is 2.37. The summed E-state index contributed by atoms with van der Waals surface area (Å²) in [7, 11) is 3.68. The van der Waals surface area contributed by atoms with E-state index in [1.165, 1.54) is 12.1 Å². The third kappa shape index (κ3) is 3.72. The minimum Gasteiger partial charge on any atom is -0.341 e. The van der Waals surface area contributed by atoms with E-state index < -0.39 is 0 Å². The molecule has 0 spiro atoms. The van der Waals surface area contributed by atoms with Gasteiger partial charge < -0.3 is 4.90 Å². The summed E-state index contributed by atoms with van der Waals surface area (Å²) >= 11 is 0. The van der Waals surface area contributed by atoms with Gasteiger partial charge in [-0.15, -0.1) is 0 Å². The van der Waals surface area contributed by atoms with Crippen LogP contribution in [0.4, 0.5) is 4.39 Å². The molecule has 0 fully saturated rings. The first-order valence-electron chi connectivity index (χ1n) is 7.35. The number of hydrogen-bond acceptors (Lipinski definition) is 2. The number of carbonyl (C=O) groups excluding carboxylic acids is 1. The van der Waals surface area contributed by atoms with E-state index in [2.05, 4.69) is 5.10 Å². The van der Waals surface area contributed by atoms with E-state index in [1.807, 2.05) is 20.9 Å². The summed E-state index contributed by atoms with van der Waals surface area (Å²) in [5.41, 5.74) is 3.08. The number of rotatable bonds is 5. The van der Waals surface area contributed by atoms with Crippen LogP contribution >= 0.6 is 0 Å². The molecule has 5 heteroatoms. The van der Waals surface area contributed by atoms with Crippen LogP contribution in [-0.2, 0) is 18.4 Å². The number of nitrogens with zero attached hydrogens (tertiary/aromatic N) is 3. The largest absolute Gasteiger partial charge is 0.341 e. The first-order chi connectivity index (χ1) is 10.4. The molecule has 0 bridgehead atoms. The van der Waals surface area contributed by atoms with Crippen molar-refractivity contribution in [2.45, 2.75) is 32.7 Å². The highest BCUT2D eigenvalue weighted by Crippen LogP contribution is 2.20. The lowest BCUT2D eigenvalue weighted by Crippen LogP contribution is -2.27. The average Bonchev–Trinajstić information content (AvgIpc) is 2.79. The molecule has 1 amide bonds. The number of aryl methyl sites for hydroxylation is 1. The molecule has 4 nitrogen and oxygen atoms in total. The molecule has 0 aliphatic heterocycles. The number of halogens is 1. The third-order valence-electron chi connectivity index (χ3n) is 4.09. The van der Waals surface area contributed by atoms with E-state index in [9.17, 15) is 9.18 Å². The molecule has 1 heterocycles. The summed E-state index contributed by atoms with van der Waals surface area (Å²) in [5, 5.41) is 4.19. The molecule has 0 aliphatic rings. The van der Waals surface area contributed by atoms with Gasteiger partial charge >= 0.3 is 0 Å². The Hall–Kier alpha value is -2.17. The zero-order valence-electron chi connectivity index (χ0n) is 13.5. The molecule has 2 rings (SSSR count). The second-order valence-electron chi connectivity index (χ2n) is 5.79. The van der Waals surface area contributed by atoms with Crippen molar-refractivity contribution in [2.75, 3.05) is 7.05 Å². The van der Waals surface area contributed by atoms with Crippen LogP contribution in [0.5, 0.6) is 0 Å². The quantitative estimate of drug-likeness (QED) is 0.851. The van der Waals surface area contributed by atoms with Crippen molar-refractivity contribution in [3.05, 3.63) is 53.1 Å².